The van der Waals surface area contributed by atoms with E-state index >= 15 is 0 Å². The number of rotatable bonds is 4. The van der Waals surface area contributed by atoms with Crippen LogP contribution in [0.2, 0.25) is 0 Å². The number of nitrogen functional groups attached to an aromatic ring is 1. The minimum Gasteiger partial charge on any atom is -0.384 e. The zero-order valence-electron chi connectivity index (χ0n) is 18.0. The van der Waals surface area contributed by atoms with Crippen LogP contribution >= 0.6 is 0 Å². The topological polar surface area (TPSA) is 169 Å². The van der Waals surface area contributed by atoms with Gasteiger partial charge in [0.15, 0.2) is 6.54 Å². The number of hydrogen-bond acceptors (Lipinski definition) is 9. The number of nitrogens with zero attached hydrogens (tertiary/aromatic N) is 6. The van der Waals surface area contributed by atoms with Crippen LogP contribution in [0.3, 0.4) is 0 Å². The molecule has 1 saturated heterocycles. The van der Waals surface area contributed by atoms with Crippen molar-refractivity contribution in [2.45, 2.75) is 18.9 Å². The number of aromatic amines is 1. The van der Waals surface area contributed by atoms with E-state index in [2.05, 4.69) is 20.1 Å². The lowest BCUT2D eigenvalue weighted by atomic mass is 10.0. The van der Waals surface area contributed by atoms with Crippen molar-refractivity contribution in [1.29, 1.82) is 0 Å². The third-order valence-electron chi connectivity index (χ3n) is 6.08. The van der Waals surface area contributed by atoms with Gasteiger partial charge in [0.25, 0.3) is 5.56 Å². The Bertz CT molecular complexity index is 1540. The lowest BCUT2D eigenvalue weighted by Crippen LogP contribution is -2.43. The molecule has 3 N–H and O–H groups in total. The van der Waals surface area contributed by atoms with Crippen LogP contribution in [0.15, 0.2) is 51.4 Å². The lowest BCUT2D eigenvalue weighted by Gasteiger charge is -2.32. The molecule has 1 aliphatic rings. The molecule has 5 rings (SSSR count). The van der Waals surface area contributed by atoms with Crippen molar-refractivity contribution in [1.82, 2.24) is 29.4 Å². The van der Waals surface area contributed by atoms with E-state index < -0.39 is 17.8 Å². The van der Waals surface area contributed by atoms with Crippen LogP contribution < -0.4 is 17.0 Å². The Kier molecular flexibility index (Phi) is 5.32. The number of amides is 1. The number of nitrogens with one attached hydrogen (secondary N) is 1. The van der Waals surface area contributed by atoms with Crippen LogP contribution in [0.5, 0.6) is 0 Å². The van der Waals surface area contributed by atoms with E-state index in [1.54, 1.807) is 39.9 Å². The number of carbonyl (C=O) groups is 1. The fourth-order valence-electron chi connectivity index (χ4n) is 4.38. The number of carbonyl (C=O) groups excluding carboxylic acids is 1. The van der Waals surface area contributed by atoms with Gasteiger partial charge >= 0.3 is 5.69 Å². The molecular formula is C22H20N8O4. The second kappa shape index (κ2) is 8.46. The average molecular weight is 460 g/mol. The quantitative estimate of drug-likeness (QED) is 0.338. The molecule has 1 amide bonds. The van der Waals surface area contributed by atoms with Gasteiger partial charge in [-0.15, -0.1) is 0 Å². The molecule has 4 aromatic heterocycles. The summed E-state index contributed by atoms with van der Waals surface area (Å²) >= 11 is 0. The number of anilines is 1. The maximum atomic E-state index is 13.0. The van der Waals surface area contributed by atoms with Crippen molar-refractivity contribution in [2.75, 3.05) is 25.4 Å². The van der Waals surface area contributed by atoms with Crippen LogP contribution in [0.1, 0.15) is 18.9 Å². The molecular weight excluding hydrogens is 440 g/mol. The number of aromatic nitrogens is 5. The first-order valence-electron chi connectivity index (χ1n) is 10.7. The fraction of sp³-hybridized carbons (Fsp3) is 0.273. The summed E-state index contributed by atoms with van der Waals surface area (Å²) in [5.41, 5.74) is 7.25. The molecule has 34 heavy (non-hydrogen) atoms. The number of piperidine rings is 1. The molecule has 0 bridgehead atoms. The van der Waals surface area contributed by atoms with E-state index in [1.807, 2.05) is 0 Å². The van der Waals surface area contributed by atoms with E-state index in [1.165, 1.54) is 6.20 Å². The zero-order chi connectivity index (χ0) is 23.8. The van der Waals surface area contributed by atoms with Gasteiger partial charge in [0, 0.05) is 37.1 Å². The first-order valence-corrected chi connectivity index (χ1v) is 10.7. The maximum Gasteiger partial charge on any atom is 0.329 e. The van der Waals surface area contributed by atoms with Gasteiger partial charge < -0.3 is 10.6 Å². The number of likely N-dealkylation sites (tertiary alicyclic amines) is 1. The molecule has 12 nitrogen and oxygen atoms in total. The summed E-state index contributed by atoms with van der Waals surface area (Å²) in [6, 6.07) is 6.73. The van der Waals surface area contributed by atoms with E-state index in [0.717, 1.165) is 5.56 Å². The standard InChI is InChI=1S/C22H20N8O4/c23-17-4-1-12(9-25-17)15-2-3-16-19(27-15)20-14(10-24-16)21(32)28-22(33)30(20)13-5-7-29(8-6-13)18(31)11-26-34/h1-4,9-10,13H,5-8,11H2,(H2,23,25)(H,28,32,33). The van der Waals surface area contributed by atoms with Gasteiger partial charge in [0.1, 0.15) is 11.3 Å². The molecule has 4 aromatic rings. The molecule has 0 aromatic carbocycles. The highest BCUT2D eigenvalue weighted by molar-refractivity contribution is 6.01. The summed E-state index contributed by atoms with van der Waals surface area (Å²) in [5.74, 6) is 0.0379. The molecule has 0 unspecified atom stereocenters. The third-order valence-corrected chi connectivity index (χ3v) is 6.08. The van der Waals surface area contributed by atoms with E-state index in [9.17, 15) is 19.3 Å². The number of nitroso groups, excluding NO2 is 1. The monoisotopic (exact) mass is 460 g/mol. The molecule has 5 heterocycles. The fourth-order valence-corrected chi connectivity index (χ4v) is 4.38. The van der Waals surface area contributed by atoms with Crippen LogP contribution in [0.25, 0.3) is 33.2 Å². The SMILES string of the molecule is Nc1ccc(-c2ccc3ncc4c(=O)[nH]c(=O)n(C5CCN(C(=O)CN=O)CC5)c4c3n2)cn1. The van der Waals surface area contributed by atoms with Crippen molar-refractivity contribution in [3.63, 3.8) is 0 Å². The Morgan fingerprint density at radius 2 is 1.91 bits per heavy atom. The smallest absolute Gasteiger partial charge is 0.329 e. The zero-order valence-corrected chi connectivity index (χ0v) is 18.0. The van der Waals surface area contributed by atoms with Crippen LogP contribution in [0, 0.1) is 4.91 Å². The molecule has 172 valence electrons. The molecule has 0 aliphatic carbocycles. The molecule has 0 atom stereocenters. The average Bonchev–Trinajstić information content (AvgIpc) is 2.84. The van der Waals surface area contributed by atoms with Crippen LogP contribution in [-0.4, -0.2) is 54.9 Å². The van der Waals surface area contributed by atoms with Gasteiger partial charge in [0.05, 0.1) is 22.1 Å². The second-order valence-electron chi connectivity index (χ2n) is 8.08. The van der Waals surface area contributed by atoms with Crippen molar-refractivity contribution in [2.24, 2.45) is 5.18 Å². The molecule has 1 fully saturated rings. The van der Waals surface area contributed by atoms with E-state index in [0.29, 0.717) is 54.0 Å². The number of H-pyrrole nitrogens is 1. The third kappa shape index (κ3) is 3.68. The Labute approximate surface area is 191 Å². The Morgan fingerprint density at radius 3 is 2.62 bits per heavy atom. The predicted octanol–water partition coefficient (Wildman–Crippen LogP) is 1.21. The summed E-state index contributed by atoms with van der Waals surface area (Å²) in [6.07, 6.45) is 3.98. The minimum atomic E-state index is -0.550. The first-order chi connectivity index (χ1) is 16.5. The summed E-state index contributed by atoms with van der Waals surface area (Å²) in [5, 5.41) is 2.91. The summed E-state index contributed by atoms with van der Waals surface area (Å²) in [4.78, 5) is 65.2. The van der Waals surface area contributed by atoms with E-state index in [4.69, 9.17) is 10.7 Å². The summed E-state index contributed by atoms with van der Waals surface area (Å²) in [6.45, 7) is 0.324. The normalized spacial score (nSPS) is 14.5. The number of fused-ring (bicyclic) bond motifs is 3. The van der Waals surface area contributed by atoms with Gasteiger partial charge in [-0.25, -0.2) is 14.8 Å². The first kappa shape index (κ1) is 21.4. The van der Waals surface area contributed by atoms with Gasteiger partial charge in [-0.05, 0) is 37.1 Å². The van der Waals surface area contributed by atoms with Crippen molar-refractivity contribution >= 4 is 33.7 Å². The maximum absolute atomic E-state index is 13.0. The van der Waals surface area contributed by atoms with Crippen molar-refractivity contribution < 1.29 is 4.79 Å². The molecule has 12 heteroatoms. The van der Waals surface area contributed by atoms with Gasteiger partial charge in [-0.3, -0.25) is 24.1 Å². The Balaban J connectivity index is 1.66. The number of nitrogens with two attached hydrogens (primary N) is 1. The largest absolute Gasteiger partial charge is 0.384 e. The Hall–Kier alpha value is -4.48. The highest BCUT2D eigenvalue weighted by Gasteiger charge is 2.27. The Morgan fingerprint density at radius 1 is 1.12 bits per heavy atom. The van der Waals surface area contributed by atoms with Crippen molar-refractivity contribution in [3.05, 3.63) is 62.4 Å². The molecule has 0 saturated carbocycles. The molecule has 0 radical (unpaired) electrons. The van der Waals surface area contributed by atoms with E-state index in [-0.39, 0.29) is 17.3 Å². The summed E-state index contributed by atoms with van der Waals surface area (Å²) in [7, 11) is 0. The van der Waals surface area contributed by atoms with Crippen molar-refractivity contribution in [3.8, 4) is 11.3 Å². The minimum absolute atomic E-state index is 0.246. The molecule has 1 aliphatic heterocycles. The second-order valence-corrected chi connectivity index (χ2v) is 8.08. The van der Waals surface area contributed by atoms with Crippen LogP contribution in [-0.2, 0) is 4.79 Å². The lowest BCUT2D eigenvalue weighted by molar-refractivity contribution is -0.130. The number of pyridine rings is 3. The number of hydrogen-bond donors (Lipinski definition) is 2. The van der Waals surface area contributed by atoms with Crippen LogP contribution in [0.4, 0.5) is 5.82 Å². The molecule has 0 spiro atoms. The van der Waals surface area contributed by atoms with Gasteiger partial charge in [-0.1, -0.05) is 5.18 Å². The van der Waals surface area contributed by atoms with Gasteiger partial charge in [-0.2, -0.15) is 4.91 Å². The highest BCUT2D eigenvalue weighted by atomic mass is 16.3. The van der Waals surface area contributed by atoms with Gasteiger partial charge in [0.2, 0.25) is 5.91 Å². The summed E-state index contributed by atoms with van der Waals surface area (Å²) < 4.78 is 1.54. The highest BCUT2D eigenvalue weighted by Crippen LogP contribution is 2.28. The predicted molar refractivity (Wildman–Crippen MR) is 125 cm³/mol.